The van der Waals surface area contributed by atoms with Gasteiger partial charge < -0.3 is 0 Å². The average molecular weight is 369 g/mol. The summed E-state index contributed by atoms with van der Waals surface area (Å²) in [5.41, 5.74) is 2.62. The molecule has 0 amide bonds. The van der Waals surface area contributed by atoms with Gasteiger partial charge in [-0.25, -0.2) is 0 Å². The SMILES string of the molecule is Cc1cc(F)ccc1[I-]c1ccc(C(C)(C)C)cc1. The van der Waals surface area contributed by atoms with Crippen LogP contribution in [0.25, 0.3) is 0 Å². The molecule has 2 aromatic carbocycles. The second kappa shape index (κ2) is 5.61. The molecule has 0 bridgehead atoms. The van der Waals surface area contributed by atoms with E-state index in [1.165, 1.54) is 12.7 Å². The van der Waals surface area contributed by atoms with Crippen LogP contribution < -0.4 is 21.2 Å². The van der Waals surface area contributed by atoms with Gasteiger partial charge in [0, 0.05) is 0 Å². The predicted molar refractivity (Wildman–Crippen MR) is 73.7 cm³/mol. The third-order valence-corrected chi connectivity index (χ3v) is 6.17. The van der Waals surface area contributed by atoms with Gasteiger partial charge in [0.1, 0.15) is 0 Å². The molecule has 0 saturated carbocycles. The fourth-order valence-electron chi connectivity index (χ4n) is 1.84. The van der Waals surface area contributed by atoms with Crippen LogP contribution in [0.5, 0.6) is 0 Å². The molecule has 0 N–H and O–H groups in total. The van der Waals surface area contributed by atoms with E-state index in [-0.39, 0.29) is 32.4 Å². The first-order chi connectivity index (χ1) is 8.86. The van der Waals surface area contributed by atoms with Crippen molar-refractivity contribution >= 4 is 0 Å². The second-order valence-corrected chi connectivity index (χ2v) is 8.69. The standard InChI is InChI=1S/C17H19FI/c1-12-11-14(18)7-10-16(12)19-15-8-5-13(6-9-15)17(2,3)4/h5-11H,1-4H3/q-1. The van der Waals surface area contributed by atoms with Crippen LogP contribution in [0.4, 0.5) is 4.39 Å². The first-order valence-electron chi connectivity index (χ1n) is 6.38. The molecule has 0 nitrogen and oxygen atoms in total. The normalized spacial score (nSPS) is 11.8. The number of hydrogen-bond acceptors (Lipinski definition) is 0. The van der Waals surface area contributed by atoms with Crippen molar-refractivity contribution in [2.24, 2.45) is 0 Å². The van der Waals surface area contributed by atoms with Crippen molar-refractivity contribution in [2.45, 2.75) is 33.1 Å². The van der Waals surface area contributed by atoms with E-state index in [0.717, 1.165) is 5.56 Å². The van der Waals surface area contributed by atoms with Crippen LogP contribution >= 0.6 is 0 Å². The molecule has 0 heterocycles. The third-order valence-electron chi connectivity index (χ3n) is 3.04. The topological polar surface area (TPSA) is 0 Å². The van der Waals surface area contributed by atoms with E-state index in [1.54, 1.807) is 12.1 Å². The monoisotopic (exact) mass is 369 g/mol. The van der Waals surface area contributed by atoms with Crippen LogP contribution in [-0.2, 0) is 5.41 Å². The summed E-state index contributed by atoms with van der Waals surface area (Å²) in [5, 5.41) is 0. The molecule has 0 aliphatic rings. The number of hydrogen-bond donors (Lipinski definition) is 0. The average Bonchev–Trinajstić information content (AvgIpc) is 2.32. The molecule has 0 spiro atoms. The summed E-state index contributed by atoms with van der Waals surface area (Å²) in [7, 11) is 0. The summed E-state index contributed by atoms with van der Waals surface area (Å²) < 4.78 is 15.8. The van der Waals surface area contributed by atoms with E-state index in [0.29, 0.717) is 0 Å². The molecule has 0 aromatic heterocycles. The third kappa shape index (κ3) is 3.78. The van der Waals surface area contributed by atoms with Gasteiger partial charge in [0.15, 0.2) is 0 Å². The Morgan fingerprint density at radius 3 is 2.11 bits per heavy atom. The van der Waals surface area contributed by atoms with Gasteiger partial charge in [-0.2, -0.15) is 0 Å². The van der Waals surface area contributed by atoms with E-state index in [9.17, 15) is 4.39 Å². The Labute approximate surface area is 125 Å². The summed E-state index contributed by atoms with van der Waals surface area (Å²) >= 11 is -0.222. The molecule has 19 heavy (non-hydrogen) atoms. The van der Waals surface area contributed by atoms with Gasteiger partial charge in [0.05, 0.1) is 0 Å². The Bertz CT molecular complexity index is 565. The quantitative estimate of drug-likeness (QED) is 0.705. The fourth-order valence-corrected chi connectivity index (χ4v) is 4.18. The van der Waals surface area contributed by atoms with E-state index in [4.69, 9.17) is 0 Å². The summed E-state index contributed by atoms with van der Waals surface area (Å²) in [6.07, 6.45) is 0. The predicted octanol–water partition coefficient (Wildman–Crippen LogP) is 1.56. The summed E-state index contributed by atoms with van der Waals surface area (Å²) in [5.74, 6) is -0.145. The van der Waals surface area contributed by atoms with Gasteiger partial charge in [0.25, 0.3) is 0 Å². The Morgan fingerprint density at radius 1 is 0.947 bits per heavy atom. The van der Waals surface area contributed by atoms with Gasteiger partial charge in [-0.1, -0.05) is 0 Å². The zero-order chi connectivity index (χ0) is 14.0. The molecule has 102 valence electrons. The van der Waals surface area contributed by atoms with Gasteiger partial charge in [-0.15, -0.1) is 0 Å². The van der Waals surface area contributed by atoms with Crippen LogP contribution in [0, 0.1) is 19.9 Å². The molecule has 0 atom stereocenters. The van der Waals surface area contributed by atoms with Crippen LogP contribution in [0.1, 0.15) is 31.9 Å². The minimum absolute atomic E-state index is 0.145. The van der Waals surface area contributed by atoms with E-state index in [2.05, 4.69) is 45.0 Å². The Kier molecular flexibility index (Phi) is 4.29. The Hall–Kier alpha value is -0.900. The number of benzene rings is 2. The first kappa shape index (κ1) is 14.5. The molecule has 0 unspecified atom stereocenters. The molecule has 2 heteroatoms. The van der Waals surface area contributed by atoms with Crippen molar-refractivity contribution in [3.8, 4) is 0 Å². The maximum absolute atomic E-state index is 13.1. The van der Waals surface area contributed by atoms with Crippen LogP contribution in [0.2, 0.25) is 0 Å². The van der Waals surface area contributed by atoms with Crippen LogP contribution in [0.3, 0.4) is 0 Å². The molecular weight excluding hydrogens is 350 g/mol. The Balaban J connectivity index is 2.20. The van der Waals surface area contributed by atoms with Crippen LogP contribution in [0.15, 0.2) is 42.5 Å². The van der Waals surface area contributed by atoms with Gasteiger partial charge in [-0.05, 0) is 0 Å². The zero-order valence-corrected chi connectivity index (χ0v) is 14.0. The van der Waals surface area contributed by atoms with E-state index < -0.39 is 0 Å². The minimum atomic E-state index is -0.222. The van der Waals surface area contributed by atoms with Crippen molar-refractivity contribution in [1.82, 2.24) is 0 Å². The molecule has 0 fully saturated rings. The first-order valence-corrected chi connectivity index (χ1v) is 8.53. The van der Waals surface area contributed by atoms with E-state index in [1.807, 2.05) is 13.0 Å². The van der Waals surface area contributed by atoms with Crippen molar-refractivity contribution in [3.63, 3.8) is 0 Å². The van der Waals surface area contributed by atoms with Gasteiger partial charge in [0.2, 0.25) is 0 Å². The molecule has 0 radical (unpaired) electrons. The van der Waals surface area contributed by atoms with Crippen molar-refractivity contribution in [3.05, 3.63) is 66.5 Å². The summed E-state index contributed by atoms with van der Waals surface area (Å²) in [6.45, 7) is 8.66. The summed E-state index contributed by atoms with van der Waals surface area (Å²) in [6, 6.07) is 14.0. The molecule has 0 aliphatic carbocycles. The number of rotatable bonds is 2. The Morgan fingerprint density at radius 2 is 1.58 bits per heavy atom. The maximum atomic E-state index is 13.1. The molecule has 2 rings (SSSR count). The molecule has 2 aromatic rings. The second-order valence-electron chi connectivity index (χ2n) is 5.74. The van der Waals surface area contributed by atoms with E-state index >= 15 is 0 Å². The van der Waals surface area contributed by atoms with Crippen LogP contribution in [-0.4, -0.2) is 0 Å². The van der Waals surface area contributed by atoms with Crippen molar-refractivity contribution in [1.29, 1.82) is 0 Å². The summed E-state index contributed by atoms with van der Waals surface area (Å²) in [4.78, 5) is 0. The molecular formula is C17H19FI-. The van der Waals surface area contributed by atoms with Gasteiger partial charge >= 0.3 is 125 Å². The number of halogens is 2. The van der Waals surface area contributed by atoms with Gasteiger partial charge in [-0.3, -0.25) is 0 Å². The van der Waals surface area contributed by atoms with Crippen molar-refractivity contribution in [2.75, 3.05) is 0 Å². The number of aryl methyl sites for hydroxylation is 1. The molecule has 0 saturated heterocycles. The van der Waals surface area contributed by atoms with Crippen molar-refractivity contribution < 1.29 is 25.6 Å². The fraction of sp³-hybridized carbons (Fsp3) is 0.294. The zero-order valence-electron chi connectivity index (χ0n) is 11.8. The molecule has 0 aliphatic heterocycles.